The minimum absolute atomic E-state index is 0.0281. The Morgan fingerprint density at radius 2 is 1.40 bits per heavy atom. The zero-order valence-electron chi connectivity index (χ0n) is 29.1. The highest BCUT2D eigenvalue weighted by molar-refractivity contribution is 7.17. The van der Waals surface area contributed by atoms with Crippen molar-refractivity contribution in [1.29, 1.82) is 5.26 Å². The number of hydrogen-bond acceptors (Lipinski definition) is 8. The van der Waals surface area contributed by atoms with Gasteiger partial charge in [-0.25, -0.2) is 0 Å². The number of nitrogens with zero attached hydrogens (tertiary/aromatic N) is 2. The molecule has 0 aromatic heterocycles. The molecule has 9 heteroatoms. The van der Waals surface area contributed by atoms with Gasteiger partial charge in [0.1, 0.15) is 29.6 Å². The van der Waals surface area contributed by atoms with Gasteiger partial charge in [-0.2, -0.15) is 5.26 Å². The van der Waals surface area contributed by atoms with Gasteiger partial charge in [0, 0.05) is 39.5 Å². The van der Waals surface area contributed by atoms with Gasteiger partial charge in [-0.15, -0.1) is 4.52 Å². The Bertz CT molecular complexity index is 1650. The molecule has 1 atom stereocenters. The third-order valence-corrected chi connectivity index (χ3v) is 8.82. The molecule has 0 saturated heterocycles. The lowest BCUT2D eigenvalue weighted by molar-refractivity contribution is -0.0208. The van der Waals surface area contributed by atoms with Crippen LogP contribution in [0.1, 0.15) is 67.5 Å². The van der Waals surface area contributed by atoms with Crippen LogP contribution in [0.4, 0.5) is 5.69 Å². The summed E-state index contributed by atoms with van der Waals surface area (Å²) in [5.74, 6) is 2.06. The van der Waals surface area contributed by atoms with Crippen LogP contribution in [-0.4, -0.2) is 32.6 Å². The summed E-state index contributed by atoms with van der Waals surface area (Å²) >= 11 is 0. The van der Waals surface area contributed by atoms with Crippen molar-refractivity contribution in [2.45, 2.75) is 71.9 Å². The minimum Gasteiger partial charge on any atom is -0.497 e. The van der Waals surface area contributed by atoms with Gasteiger partial charge in [0.15, 0.2) is 5.60 Å². The smallest absolute Gasteiger partial charge is 0.494 e. The molecule has 0 aliphatic heterocycles. The number of ether oxygens (including phenoxy) is 4. The quantitative estimate of drug-likeness (QED) is 0.0505. The molecule has 0 spiro atoms. The van der Waals surface area contributed by atoms with Gasteiger partial charge in [0.05, 0.1) is 33.3 Å². The van der Waals surface area contributed by atoms with Crippen molar-refractivity contribution in [3.8, 4) is 23.3 Å². The molecule has 0 radical (unpaired) electrons. The minimum atomic E-state index is -1.15. The number of benzene rings is 4. The molecule has 4 aromatic carbocycles. The van der Waals surface area contributed by atoms with Gasteiger partial charge < -0.3 is 23.8 Å². The van der Waals surface area contributed by atoms with Crippen LogP contribution in [0, 0.1) is 25.2 Å². The second kappa shape index (κ2) is 16.1. The van der Waals surface area contributed by atoms with E-state index in [0.29, 0.717) is 12.4 Å². The van der Waals surface area contributed by atoms with Crippen LogP contribution < -0.4 is 19.1 Å². The van der Waals surface area contributed by atoms with Gasteiger partial charge in [-0.05, 0) is 82.0 Å². The average Bonchev–Trinajstić information content (AvgIpc) is 3.09. The molecule has 8 nitrogen and oxygen atoms in total. The molecule has 0 amide bonds. The number of methoxy groups -OCH3 is 2. The molecule has 1 unspecified atom stereocenters. The lowest BCUT2D eigenvalue weighted by atomic mass is 9.79. The van der Waals surface area contributed by atoms with Crippen LogP contribution in [0.3, 0.4) is 0 Å². The Labute approximate surface area is 286 Å². The number of nitriles is 1. The van der Waals surface area contributed by atoms with Crippen molar-refractivity contribution in [1.82, 2.24) is 0 Å². The van der Waals surface area contributed by atoms with Crippen molar-refractivity contribution < 1.29 is 28.0 Å². The van der Waals surface area contributed by atoms with E-state index < -0.39 is 20.0 Å². The predicted octanol–water partition coefficient (Wildman–Crippen LogP) is 9.03. The maximum absolute atomic E-state index is 11.7. The van der Waals surface area contributed by atoms with Crippen molar-refractivity contribution >= 4 is 14.4 Å². The second-order valence-corrected chi connectivity index (χ2v) is 12.7. The SMILES string of the molecule is COc1ccc(C(Oc2c(C)c(N(C(C)C)C(C)(C)OCCC#N)cc(C)c2CO[PH+]=O)(c2ccccc2)c2ccc(OC)cc2)cc1. The second-order valence-electron chi connectivity index (χ2n) is 12.3. The summed E-state index contributed by atoms with van der Waals surface area (Å²) in [7, 11) is 2.35. The monoisotopic (exact) mass is 669 g/mol. The van der Waals surface area contributed by atoms with Crippen LogP contribution in [0.25, 0.3) is 0 Å². The Balaban J connectivity index is 2.08. The van der Waals surface area contributed by atoms with Crippen LogP contribution >= 0.6 is 8.69 Å². The normalized spacial score (nSPS) is 11.8. The fourth-order valence-corrected chi connectivity index (χ4v) is 6.56. The van der Waals surface area contributed by atoms with Crippen molar-refractivity contribution in [2.75, 3.05) is 25.7 Å². The lowest BCUT2D eigenvalue weighted by Gasteiger charge is -2.44. The topological polar surface area (TPSA) is 90.3 Å². The first-order chi connectivity index (χ1) is 23.0. The molecule has 0 saturated carbocycles. The molecule has 0 fully saturated rings. The van der Waals surface area contributed by atoms with E-state index in [9.17, 15) is 9.83 Å². The Kier molecular flexibility index (Phi) is 12.2. The Hall–Kier alpha value is -4.41. The van der Waals surface area contributed by atoms with Gasteiger partial charge in [0.2, 0.25) is 0 Å². The number of hydrogen-bond donors (Lipinski definition) is 0. The van der Waals surface area contributed by atoms with E-state index >= 15 is 0 Å². The van der Waals surface area contributed by atoms with Crippen molar-refractivity contribution in [2.24, 2.45) is 0 Å². The lowest BCUT2D eigenvalue weighted by Crippen LogP contribution is -2.50. The van der Waals surface area contributed by atoms with E-state index in [-0.39, 0.29) is 19.1 Å². The maximum Gasteiger partial charge on any atom is 0.494 e. The number of rotatable bonds is 16. The van der Waals surface area contributed by atoms with E-state index in [1.807, 2.05) is 94.4 Å². The largest absolute Gasteiger partial charge is 0.497 e. The molecular weight excluding hydrogens is 623 g/mol. The fourth-order valence-electron chi connectivity index (χ4n) is 6.35. The highest BCUT2D eigenvalue weighted by Crippen LogP contribution is 2.47. The molecule has 0 heterocycles. The van der Waals surface area contributed by atoms with Gasteiger partial charge >= 0.3 is 8.69 Å². The maximum atomic E-state index is 11.7. The summed E-state index contributed by atoms with van der Waals surface area (Å²) in [5.41, 5.74) is 4.23. The highest BCUT2D eigenvalue weighted by Gasteiger charge is 2.41. The van der Waals surface area contributed by atoms with Crippen LogP contribution in [0.2, 0.25) is 0 Å². The van der Waals surface area contributed by atoms with Crippen LogP contribution in [0.5, 0.6) is 17.2 Å². The molecule has 0 N–H and O–H groups in total. The first-order valence-electron chi connectivity index (χ1n) is 16.0. The van der Waals surface area contributed by atoms with Crippen LogP contribution in [-0.2, 0) is 26.0 Å². The zero-order chi connectivity index (χ0) is 34.9. The zero-order valence-corrected chi connectivity index (χ0v) is 30.1. The van der Waals surface area contributed by atoms with E-state index in [1.54, 1.807) is 14.2 Å². The first kappa shape index (κ1) is 36.4. The Morgan fingerprint density at radius 3 is 1.88 bits per heavy atom. The van der Waals surface area contributed by atoms with E-state index in [4.69, 9.17) is 23.5 Å². The van der Waals surface area contributed by atoms with E-state index in [2.05, 4.69) is 43.0 Å². The standard InChI is InChI=1S/C39H46N2O6P/c1-27(2)41(38(5,6)45-24-12-23-40)36-25-28(3)35(26-46-48-42)37(29(36)4)47-39(30-13-10-9-11-14-30,31-15-19-33(43-7)20-16-31)32-17-21-34(44-8)22-18-32/h9-11,13-22,25,27,48H,12,24,26H2,1-8H3/q+1. The Morgan fingerprint density at radius 1 is 0.854 bits per heavy atom. The summed E-state index contributed by atoms with van der Waals surface area (Å²) in [4.78, 5) is 2.21. The molecule has 0 aliphatic rings. The summed E-state index contributed by atoms with van der Waals surface area (Å²) in [6, 6.07) is 30.2. The molecule has 48 heavy (non-hydrogen) atoms. The average molecular weight is 670 g/mol. The van der Waals surface area contributed by atoms with Crippen LogP contribution in [0.15, 0.2) is 84.9 Å². The summed E-state index contributed by atoms with van der Waals surface area (Å²) in [6.07, 6.45) is 0.289. The molecule has 252 valence electrons. The fraction of sp³-hybridized carbons (Fsp3) is 0.359. The predicted molar refractivity (Wildman–Crippen MR) is 191 cm³/mol. The summed E-state index contributed by atoms with van der Waals surface area (Å²) < 4.78 is 42.2. The molecule has 4 aromatic rings. The van der Waals surface area contributed by atoms with Gasteiger partial charge in [-0.3, -0.25) is 0 Å². The highest BCUT2D eigenvalue weighted by atomic mass is 31.1. The van der Waals surface area contributed by atoms with E-state index in [0.717, 1.165) is 50.6 Å². The molecule has 0 aliphatic carbocycles. The van der Waals surface area contributed by atoms with Crippen molar-refractivity contribution in [3.05, 3.63) is 118 Å². The third-order valence-electron chi connectivity index (χ3n) is 8.56. The molecular formula is C39H46N2O6P+. The molecule has 4 rings (SSSR count). The summed E-state index contributed by atoms with van der Waals surface area (Å²) in [5, 5.41) is 9.19. The number of anilines is 1. The third kappa shape index (κ3) is 7.66. The first-order valence-corrected chi connectivity index (χ1v) is 16.8. The number of aryl methyl sites for hydroxylation is 1. The van der Waals surface area contributed by atoms with Gasteiger partial charge in [-0.1, -0.05) is 54.6 Å². The van der Waals surface area contributed by atoms with Crippen molar-refractivity contribution in [3.63, 3.8) is 0 Å². The molecule has 0 bridgehead atoms. The van der Waals surface area contributed by atoms with E-state index in [1.165, 1.54) is 0 Å². The van der Waals surface area contributed by atoms with Gasteiger partial charge in [0.25, 0.3) is 0 Å². The summed E-state index contributed by atoms with van der Waals surface area (Å²) in [6.45, 7) is 12.7.